The normalized spacial score (nSPS) is 9.54. The first-order chi connectivity index (χ1) is 6.13. The summed E-state index contributed by atoms with van der Waals surface area (Å²) in [4.78, 5) is 0. The van der Waals surface area contributed by atoms with Crippen LogP contribution in [0.15, 0.2) is 40.8 Å². The molecule has 0 bridgehead atoms. The minimum Gasteiger partial charge on any atom is -0.136 e. The highest BCUT2D eigenvalue weighted by atomic mass is 79.9. The maximum Gasteiger partial charge on any atom is 0.0851 e. The first-order valence-electron chi connectivity index (χ1n) is 3.23. The molecule has 0 atom stereocenters. The van der Waals surface area contributed by atoms with Crippen LogP contribution in [0.1, 0.15) is 0 Å². The van der Waals surface area contributed by atoms with Crippen LogP contribution in [-0.4, -0.2) is 0 Å². The van der Waals surface area contributed by atoms with Crippen molar-refractivity contribution in [3.05, 3.63) is 40.8 Å². The van der Waals surface area contributed by atoms with E-state index in [1.54, 1.807) is 11.3 Å². The quantitative estimate of drug-likeness (QED) is 0.459. The average molecular weight is 452 g/mol. The van der Waals surface area contributed by atoms with Crippen LogP contribution in [0, 0.1) is 0 Å². The van der Waals surface area contributed by atoms with Crippen LogP contribution >= 0.6 is 75.1 Å². The fourth-order valence-electron chi connectivity index (χ4n) is 0.600. The maximum atomic E-state index is 3.49. The lowest BCUT2D eigenvalue weighted by Crippen LogP contribution is -1.66. The van der Waals surface area contributed by atoms with Crippen LogP contribution in [0.4, 0.5) is 0 Å². The zero-order chi connectivity index (χ0) is 9.84. The predicted molar refractivity (Wildman–Crippen MR) is 72.7 cm³/mol. The summed E-state index contributed by atoms with van der Waals surface area (Å²) in [6, 6.07) is 5.94. The SMILES string of the molecule is Brc1ccccsc(Br)c(Br)c1Br. The number of rotatable bonds is 0. The second-order valence-electron chi connectivity index (χ2n) is 2.06. The van der Waals surface area contributed by atoms with Crippen molar-refractivity contribution in [1.29, 1.82) is 0 Å². The molecular formula is C8H4Br4S. The van der Waals surface area contributed by atoms with Gasteiger partial charge in [0.1, 0.15) is 0 Å². The summed E-state index contributed by atoms with van der Waals surface area (Å²) in [5.41, 5.74) is 0. The summed E-state index contributed by atoms with van der Waals surface area (Å²) in [5.74, 6) is 0. The van der Waals surface area contributed by atoms with E-state index in [4.69, 9.17) is 0 Å². The lowest BCUT2D eigenvalue weighted by atomic mass is 10.5. The molecule has 70 valence electrons. The average Bonchev–Trinajstić information content (AvgIpc) is 2.16. The minimum atomic E-state index is 0.992. The highest BCUT2D eigenvalue weighted by molar-refractivity contribution is 9.15. The molecule has 0 aliphatic heterocycles. The number of hydrogen-bond donors (Lipinski definition) is 0. The van der Waals surface area contributed by atoms with Gasteiger partial charge in [-0.15, -0.1) is 11.3 Å². The molecule has 0 fully saturated rings. The van der Waals surface area contributed by atoms with Gasteiger partial charge in [-0.25, -0.2) is 0 Å². The highest BCUT2D eigenvalue weighted by Crippen LogP contribution is 2.35. The Bertz CT molecular complexity index is 324. The van der Waals surface area contributed by atoms with Gasteiger partial charge < -0.3 is 0 Å². The third kappa shape index (κ3) is 3.63. The molecule has 0 saturated carbocycles. The van der Waals surface area contributed by atoms with Gasteiger partial charge in [0.2, 0.25) is 0 Å². The van der Waals surface area contributed by atoms with E-state index in [0.717, 1.165) is 17.2 Å². The van der Waals surface area contributed by atoms with E-state index in [1.807, 2.05) is 23.6 Å². The Morgan fingerprint density at radius 3 is 2.31 bits per heavy atom. The molecule has 0 aromatic carbocycles. The topological polar surface area (TPSA) is 0 Å². The van der Waals surface area contributed by atoms with Crippen molar-refractivity contribution >= 4 is 75.1 Å². The molecule has 0 nitrogen and oxygen atoms in total. The van der Waals surface area contributed by atoms with Crippen molar-refractivity contribution in [2.75, 3.05) is 0 Å². The van der Waals surface area contributed by atoms with E-state index in [0.29, 0.717) is 0 Å². The monoisotopic (exact) mass is 448 g/mol. The molecule has 1 rings (SSSR count). The Labute approximate surface area is 115 Å². The van der Waals surface area contributed by atoms with E-state index in [9.17, 15) is 0 Å². The molecule has 0 aliphatic carbocycles. The van der Waals surface area contributed by atoms with Crippen molar-refractivity contribution in [2.45, 2.75) is 0 Å². The van der Waals surface area contributed by atoms with Crippen molar-refractivity contribution in [1.82, 2.24) is 0 Å². The molecule has 0 unspecified atom stereocenters. The molecule has 0 spiro atoms. The lowest BCUT2D eigenvalue weighted by molar-refractivity contribution is 1.60. The van der Waals surface area contributed by atoms with Gasteiger partial charge in [0.15, 0.2) is 0 Å². The Morgan fingerprint density at radius 1 is 0.923 bits per heavy atom. The summed E-state index contributed by atoms with van der Waals surface area (Å²) in [6.45, 7) is 0. The van der Waals surface area contributed by atoms with E-state index in [-0.39, 0.29) is 0 Å². The van der Waals surface area contributed by atoms with Gasteiger partial charge in [-0.2, -0.15) is 0 Å². The first-order valence-corrected chi connectivity index (χ1v) is 7.29. The molecule has 0 radical (unpaired) electrons. The van der Waals surface area contributed by atoms with Crippen molar-refractivity contribution in [3.63, 3.8) is 0 Å². The smallest absolute Gasteiger partial charge is 0.0851 e. The molecule has 13 heavy (non-hydrogen) atoms. The first kappa shape index (κ1) is 12.2. The zero-order valence-corrected chi connectivity index (χ0v) is 13.4. The zero-order valence-electron chi connectivity index (χ0n) is 6.23. The molecule has 1 aromatic rings. The molecule has 0 amide bonds. The molecular weight excluding hydrogens is 448 g/mol. The largest absolute Gasteiger partial charge is 0.136 e. The van der Waals surface area contributed by atoms with Crippen LogP contribution in [0.2, 0.25) is 0 Å². The van der Waals surface area contributed by atoms with Gasteiger partial charge in [0, 0.05) is 8.95 Å². The summed E-state index contributed by atoms with van der Waals surface area (Å²) < 4.78 is 4.03. The van der Waals surface area contributed by atoms with Crippen molar-refractivity contribution in [3.8, 4) is 0 Å². The van der Waals surface area contributed by atoms with Gasteiger partial charge in [0.05, 0.1) is 8.26 Å². The molecule has 0 saturated heterocycles. The second kappa shape index (κ2) is 5.85. The van der Waals surface area contributed by atoms with E-state index >= 15 is 0 Å². The van der Waals surface area contributed by atoms with Crippen molar-refractivity contribution in [2.24, 2.45) is 0 Å². The number of hydrogen-bond acceptors (Lipinski definition) is 1. The van der Waals surface area contributed by atoms with Gasteiger partial charge in [-0.1, -0.05) is 12.1 Å². The summed E-state index contributed by atoms with van der Waals surface area (Å²) in [5, 5.41) is 2.01. The lowest BCUT2D eigenvalue weighted by Gasteiger charge is -1.94. The highest BCUT2D eigenvalue weighted by Gasteiger charge is 2.01. The molecule has 1 aromatic heterocycles. The summed E-state index contributed by atoms with van der Waals surface area (Å²) in [6.07, 6.45) is 0. The van der Waals surface area contributed by atoms with Crippen LogP contribution in [0.25, 0.3) is 0 Å². The molecule has 5 heteroatoms. The maximum absolute atomic E-state index is 3.49. The summed E-state index contributed by atoms with van der Waals surface area (Å²) >= 11 is 15.5. The number of halogens is 4. The van der Waals surface area contributed by atoms with E-state index in [1.165, 1.54) is 0 Å². The van der Waals surface area contributed by atoms with E-state index < -0.39 is 0 Å². The minimum absolute atomic E-state index is 0.992. The fraction of sp³-hybridized carbons (Fsp3) is 0. The van der Waals surface area contributed by atoms with Crippen LogP contribution in [0.3, 0.4) is 0 Å². The van der Waals surface area contributed by atoms with Crippen LogP contribution in [-0.2, 0) is 0 Å². The predicted octanol–water partition coefficient (Wildman–Crippen LogP) is 5.92. The third-order valence-electron chi connectivity index (χ3n) is 1.18. The second-order valence-corrected chi connectivity index (χ2v) is 6.73. The van der Waals surface area contributed by atoms with Crippen LogP contribution in [0.5, 0.6) is 0 Å². The van der Waals surface area contributed by atoms with Gasteiger partial charge >= 0.3 is 0 Å². The van der Waals surface area contributed by atoms with Crippen molar-refractivity contribution < 1.29 is 0 Å². The van der Waals surface area contributed by atoms with Crippen LogP contribution < -0.4 is 0 Å². The molecule has 0 N–H and O–H groups in total. The third-order valence-corrected chi connectivity index (χ3v) is 6.98. The Hall–Kier alpha value is 1.10. The van der Waals surface area contributed by atoms with E-state index in [2.05, 4.69) is 63.7 Å². The standard InChI is InChI=1S/C8H4Br4S/c9-5-3-1-2-4-13-8(12)7(11)6(5)10/h1-4H. The Balaban J connectivity index is 3.56. The Morgan fingerprint density at radius 2 is 1.62 bits per heavy atom. The molecule has 0 aliphatic rings. The van der Waals surface area contributed by atoms with Gasteiger partial charge in [-0.3, -0.25) is 0 Å². The fourth-order valence-corrected chi connectivity index (χ4v) is 3.46. The summed E-state index contributed by atoms with van der Waals surface area (Å²) in [7, 11) is 0. The van der Waals surface area contributed by atoms with Gasteiger partial charge in [-0.05, 0) is 75.2 Å². The van der Waals surface area contributed by atoms with Gasteiger partial charge in [0.25, 0.3) is 0 Å². The Kier molecular flexibility index (Phi) is 5.48. The molecule has 1 heterocycles.